The molecule has 0 aromatic carbocycles. The van der Waals surface area contributed by atoms with E-state index in [0.29, 0.717) is 0 Å². The first-order chi connectivity index (χ1) is 6.98. The van der Waals surface area contributed by atoms with Crippen molar-refractivity contribution in [2.75, 3.05) is 0 Å². The predicted molar refractivity (Wildman–Crippen MR) is 57.4 cm³/mol. The molecular formula is C11H15N3O. The van der Waals surface area contributed by atoms with Gasteiger partial charge in [-0.2, -0.15) is 5.10 Å². The zero-order valence-corrected chi connectivity index (χ0v) is 9.48. The monoisotopic (exact) mass is 205 g/mol. The van der Waals surface area contributed by atoms with Crippen LogP contribution in [-0.2, 0) is 12.5 Å². The lowest BCUT2D eigenvalue weighted by atomic mass is 9.92. The molecule has 0 aliphatic heterocycles. The highest BCUT2D eigenvalue weighted by atomic mass is 16.3. The Balaban J connectivity index is 2.47. The maximum Gasteiger partial charge on any atom is 0.181 e. The summed E-state index contributed by atoms with van der Waals surface area (Å²) in [5, 5.41) is 4.41. The quantitative estimate of drug-likeness (QED) is 0.717. The van der Waals surface area contributed by atoms with Gasteiger partial charge >= 0.3 is 0 Å². The molecule has 80 valence electrons. The third-order valence-electron chi connectivity index (χ3n) is 2.34. The third kappa shape index (κ3) is 1.79. The number of rotatable bonds is 1. The Hall–Kier alpha value is -1.58. The molecule has 0 aliphatic carbocycles. The Labute approximate surface area is 88.9 Å². The lowest BCUT2D eigenvalue weighted by Crippen LogP contribution is -2.16. The van der Waals surface area contributed by atoms with Crippen molar-refractivity contribution < 1.29 is 4.42 Å². The lowest BCUT2D eigenvalue weighted by Gasteiger charge is -2.17. The standard InChI is InChI=1S/C11H15N3O/c1-11(2,3)10-5-8(13-14(10)4)9-6-15-7-12-9/h5-7H,1-4H3. The van der Waals surface area contributed by atoms with E-state index in [2.05, 4.69) is 36.9 Å². The van der Waals surface area contributed by atoms with E-state index in [1.807, 2.05) is 11.7 Å². The van der Waals surface area contributed by atoms with Gasteiger partial charge in [0.05, 0.1) is 0 Å². The highest BCUT2D eigenvalue weighted by Crippen LogP contribution is 2.25. The van der Waals surface area contributed by atoms with Crippen LogP contribution < -0.4 is 0 Å². The number of hydrogen-bond acceptors (Lipinski definition) is 3. The first-order valence-electron chi connectivity index (χ1n) is 4.91. The molecule has 0 amide bonds. The molecular weight excluding hydrogens is 190 g/mol. The van der Waals surface area contributed by atoms with Crippen molar-refractivity contribution >= 4 is 0 Å². The number of hydrogen-bond donors (Lipinski definition) is 0. The molecule has 0 aliphatic rings. The first-order valence-corrected chi connectivity index (χ1v) is 4.91. The fourth-order valence-electron chi connectivity index (χ4n) is 1.63. The summed E-state index contributed by atoms with van der Waals surface area (Å²) in [6.07, 6.45) is 3.02. The van der Waals surface area contributed by atoms with Crippen LogP contribution in [0, 0.1) is 0 Å². The summed E-state index contributed by atoms with van der Waals surface area (Å²) in [6.45, 7) is 6.49. The minimum atomic E-state index is 0.0870. The topological polar surface area (TPSA) is 43.9 Å². The molecule has 0 unspecified atom stereocenters. The van der Waals surface area contributed by atoms with Crippen molar-refractivity contribution in [1.82, 2.24) is 14.8 Å². The molecule has 0 bridgehead atoms. The Morgan fingerprint density at radius 2 is 2.00 bits per heavy atom. The summed E-state index contributed by atoms with van der Waals surface area (Å²) in [6, 6.07) is 2.05. The summed E-state index contributed by atoms with van der Waals surface area (Å²) >= 11 is 0. The van der Waals surface area contributed by atoms with E-state index in [4.69, 9.17) is 4.42 Å². The highest BCUT2D eigenvalue weighted by molar-refractivity contribution is 5.53. The van der Waals surface area contributed by atoms with Crippen molar-refractivity contribution in [1.29, 1.82) is 0 Å². The molecule has 0 saturated carbocycles. The second kappa shape index (κ2) is 3.22. The summed E-state index contributed by atoms with van der Waals surface area (Å²) in [4.78, 5) is 4.08. The van der Waals surface area contributed by atoms with Crippen LogP contribution in [0.5, 0.6) is 0 Å². The Bertz CT molecular complexity index is 449. The van der Waals surface area contributed by atoms with Crippen LogP contribution >= 0.6 is 0 Å². The number of aromatic nitrogens is 3. The van der Waals surface area contributed by atoms with E-state index in [1.165, 1.54) is 12.1 Å². The van der Waals surface area contributed by atoms with E-state index in [0.717, 1.165) is 11.4 Å². The molecule has 2 aromatic rings. The van der Waals surface area contributed by atoms with Gasteiger partial charge in [0.25, 0.3) is 0 Å². The van der Waals surface area contributed by atoms with Crippen LogP contribution in [-0.4, -0.2) is 14.8 Å². The largest absolute Gasteiger partial charge is 0.451 e. The van der Waals surface area contributed by atoms with Gasteiger partial charge in [-0.15, -0.1) is 0 Å². The van der Waals surface area contributed by atoms with Crippen LogP contribution in [0.2, 0.25) is 0 Å². The molecule has 0 spiro atoms. The molecule has 15 heavy (non-hydrogen) atoms. The average molecular weight is 205 g/mol. The van der Waals surface area contributed by atoms with Gasteiger partial charge in [0.2, 0.25) is 0 Å². The highest BCUT2D eigenvalue weighted by Gasteiger charge is 2.20. The van der Waals surface area contributed by atoms with E-state index in [1.54, 1.807) is 6.26 Å². The average Bonchev–Trinajstić information content (AvgIpc) is 2.68. The third-order valence-corrected chi connectivity index (χ3v) is 2.34. The summed E-state index contributed by atoms with van der Waals surface area (Å²) in [5.41, 5.74) is 2.90. The summed E-state index contributed by atoms with van der Waals surface area (Å²) in [7, 11) is 1.95. The van der Waals surface area contributed by atoms with Gasteiger partial charge in [0.15, 0.2) is 6.39 Å². The van der Waals surface area contributed by atoms with E-state index in [9.17, 15) is 0 Å². The fraction of sp³-hybridized carbons (Fsp3) is 0.455. The molecule has 0 saturated heterocycles. The lowest BCUT2D eigenvalue weighted by molar-refractivity contribution is 0.523. The van der Waals surface area contributed by atoms with Crippen molar-refractivity contribution in [3.8, 4) is 11.4 Å². The predicted octanol–water partition coefficient (Wildman–Crippen LogP) is 2.37. The minimum absolute atomic E-state index is 0.0870. The number of aryl methyl sites for hydroxylation is 1. The van der Waals surface area contributed by atoms with Crippen LogP contribution in [0.4, 0.5) is 0 Å². The van der Waals surface area contributed by atoms with Gasteiger partial charge < -0.3 is 4.42 Å². The van der Waals surface area contributed by atoms with Crippen LogP contribution in [0.15, 0.2) is 23.1 Å². The van der Waals surface area contributed by atoms with Gasteiger partial charge in [-0.05, 0) is 6.07 Å². The second-order valence-electron chi connectivity index (χ2n) is 4.66. The van der Waals surface area contributed by atoms with Gasteiger partial charge in [-0.3, -0.25) is 4.68 Å². The molecule has 0 atom stereocenters. The van der Waals surface area contributed by atoms with Crippen LogP contribution in [0.3, 0.4) is 0 Å². The molecule has 2 heterocycles. The molecule has 0 N–H and O–H groups in total. The van der Waals surface area contributed by atoms with Gasteiger partial charge in [-0.25, -0.2) is 4.98 Å². The fourth-order valence-corrected chi connectivity index (χ4v) is 1.63. The maximum absolute atomic E-state index is 4.94. The SMILES string of the molecule is Cn1nc(-c2cocn2)cc1C(C)(C)C. The molecule has 2 aromatic heterocycles. The Kier molecular flexibility index (Phi) is 2.14. The van der Waals surface area contributed by atoms with E-state index >= 15 is 0 Å². The van der Waals surface area contributed by atoms with Crippen LogP contribution in [0.1, 0.15) is 26.5 Å². The minimum Gasteiger partial charge on any atom is -0.451 e. The van der Waals surface area contributed by atoms with E-state index in [-0.39, 0.29) is 5.41 Å². The van der Waals surface area contributed by atoms with Crippen molar-refractivity contribution in [3.63, 3.8) is 0 Å². The molecule has 4 heteroatoms. The van der Waals surface area contributed by atoms with Gasteiger partial charge in [0.1, 0.15) is 17.7 Å². The maximum atomic E-state index is 4.94. The summed E-state index contributed by atoms with van der Waals surface area (Å²) in [5.74, 6) is 0. The molecule has 0 radical (unpaired) electrons. The summed E-state index contributed by atoms with van der Waals surface area (Å²) < 4.78 is 6.84. The zero-order chi connectivity index (χ0) is 11.1. The van der Waals surface area contributed by atoms with Crippen LogP contribution in [0.25, 0.3) is 11.4 Å². The second-order valence-corrected chi connectivity index (χ2v) is 4.66. The van der Waals surface area contributed by atoms with E-state index < -0.39 is 0 Å². The number of nitrogens with zero attached hydrogens (tertiary/aromatic N) is 3. The van der Waals surface area contributed by atoms with Gasteiger partial charge in [0, 0.05) is 18.2 Å². The van der Waals surface area contributed by atoms with Crippen molar-refractivity contribution in [2.45, 2.75) is 26.2 Å². The smallest absolute Gasteiger partial charge is 0.181 e. The van der Waals surface area contributed by atoms with Gasteiger partial charge in [-0.1, -0.05) is 20.8 Å². The molecule has 0 fully saturated rings. The van der Waals surface area contributed by atoms with Crippen molar-refractivity contribution in [2.24, 2.45) is 7.05 Å². The van der Waals surface area contributed by atoms with Crippen molar-refractivity contribution in [3.05, 3.63) is 24.4 Å². The zero-order valence-electron chi connectivity index (χ0n) is 9.48. The number of oxazole rings is 1. The Morgan fingerprint density at radius 3 is 2.47 bits per heavy atom. The molecule has 2 rings (SSSR count). The molecule has 4 nitrogen and oxygen atoms in total. The normalized spacial score (nSPS) is 12.0. The first kappa shape index (κ1) is 9.96. The Morgan fingerprint density at radius 1 is 1.27 bits per heavy atom.